The van der Waals surface area contributed by atoms with E-state index in [0.717, 1.165) is 18.5 Å². The molecule has 0 radical (unpaired) electrons. The number of nitrogens with zero attached hydrogens (tertiary/aromatic N) is 3. The maximum Gasteiger partial charge on any atom is 0.141 e. The molecule has 2 aromatic rings. The van der Waals surface area contributed by atoms with Gasteiger partial charge in [0.2, 0.25) is 0 Å². The van der Waals surface area contributed by atoms with Gasteiger partial charge in [-0.25, -0.2) is 15.8 Å². The maximum absolute atomic E-state index is 5.37. The summed E-state index contributed by atoms with van der Waals surface area (Å²) in [5.74, 6) is 6.04. The van der Waals surface area contributed by atoms with Crippen molar-refractivity contribution in [1.29, 1.82) is 0 Å². The van der Waals surface area contributed by atoms with E-state index < -0.39 is 0 Å². The maximum atomic E-state index is 5.37. The number of aromatic nitrogens is 3. The van der Waals surface area contributed by atoms with Crippen LogP contribution >= 0.6 is 0 Å². The Morgan fingerprint density at radius 2 is 2.12 bits per heavy atom. The van der Waals surface area contributed by atoms with E-state index >= 15 is 0 Å². The molecule has 0 unspecified atom stereocenters. The molecule has 88 valence electrons. The van der Waals surface area contributed by atoms with Crippen LogP contribution < -0.4 is 11.3 Å². The van der Waals surface area contributed by atoms with Gasteiger partial charge in [0.1, 0.15) is 5.82 Å². The fourth-order valence-electron chi connectivity index (χ4n) is 2.34. The van der Waals surface area contributed by atoms with Crippen LogP contribution in [0.5, 0.6) is 0 Å². The predicted molar refractivity (Wildman–Crippen MR) is 65.8 cm³/mol. The molecule has 3 rings (SSSR count). The molecule has 0 spiro atoms. The smallest absolute Gasteiger partial charge is 0.141 e. The third kappa shape index (κ3) is 1.78. The zero-order chi connectivity index (χ0) is 11.7. The number of nitrogens with one attached hydrogen (secondary N) is 1. The molecule has 0 bridgehead atoms. The number of anilines is 1. The first-order valence-corrected chi connectivity index (χ1v) is 5.86. The summed E-state index contributed by atoms with van der Waals surface area (Å²) >= 11 is 0. The molecule has 0 fully saturated rings. The average Bonchev–Trinajstić information content (AvgIpc) is 2.82. The number of nitrogens with two attached hydrogens (primary N) is 1. The highest BCUT2D eigenvalue weighted by Gasteiger charge is 2.16. The van der Waals surface area contributed by atoms with Crippen molar-refractivity contribution < 1.29 is 0 Å². The highest BCUT2D eigenvalue weighted by atomic mass is 15.2. The quantitative estimate of drug-likeness (QED) is 0.604. The molecule has 17 heavy (non-hydrogen) atoms. The third-order valence-corrected chi connectivity index (χ3v) is 3.20. The fourth-order valence-corrected chi connectivity index (χ4v) is 2.34. The van der Waals surface area contributed by atoms with Crippen LogP contribution in [0, 0.1) is 0 Å². The van der Waals surface area contributed by atoms with Gasteiger partial charge in [-0.2, -0.15) is 0 Å². The molecule has 2 aromatic heterocycles. The number of pyridine rings is 1. The number of fused-ring (bicyclic) bond motifs is 1. The largest absolute Gasteiger partial charge is 0.308 e. The van der Waals surface area contributed by atoms with Gasteiger partial charge in [-0.1, -0.05) is 0 Å². The second-order valence-corrected chi connectivity index (χ2v) is 4.26. The van der Waals surface area contributed by atoms with E-state index in [9.17, 15) is 0 Å². The minimum Gasteiger partial charge on any atom is -0.308 e. The highest BCUT2D eigenvalue weighted by molar-refractivity contribution is 5.45. The summed E-state index contributed by atoms with van der Waals surface area (Å²) in [5, 5.41) is 0. The van der Waals surface area contributed by atoms with E-state index in [4.69, 9.17) is 5.84 Å². The second kappa shape index (κ2) is 4.18. The van der Waals surface area contributed by atoms with Crippen LogP contribution in [0.2, 0.25) is 0 Å². The highest BCUT2D eigenvalue weighted by Crippen LogP contribution is 2.23. The molecule has 0 atom stereocenters. The van der Waals surface area contributed by atoms with Gasteiger partial charge in [-0.3, -0.25) is 0 Å². The molecule has 5 nitrogen and oxygen atoms in total. The van der Waals surface area contributed by atoms with Gasteiger partial charge in [0, 0.05) is 18.0 Å². The summed E-state index contributed by atoms with van der Waals surface area (Å²) in [6, 6.07) is 3.90. The van der Waals surface area contributed by atoms with Crippen LogP contribution in [0.4, 0.5) is 5.82 Å². The Balaban J connectivity index is 2.05. The van der Waals surface area contributed by atoms with E-state index in [1.165, 1.54) is 24.2 Å². The topological polar surface area (TPSA) is 68.8 Å². The van der Waals surface area contributed by atoms with Gasteiger partial charge in [-0.05, 0) is 31.7 Å². The van der Waals surface area contributed by atoms with Crippen molar-refractivity contribution in [2.24, 2.45) is 5.84 Å². The van der Waals surface area contributed by atoms with Gasteiger partial charge < -0.3 is 9.99 Å². The van der Waals surface area contributed by atoms with Crippen molar-refractivity contribution in [2.45, 2.75) is 25.7 Å². The lowest BCUT2D eigenvalue weighted by Crippen LogP contribution is -2.10. The van der Waals surface area contributed by atoms with Crippen LogP contribution in [-0.2, 0) is 12.8 Å². The Hall–Kier alpha value is -1.88. The first kappa shape index (κ1) is 10.3. The number of nitrogen functional groups attached to an aromatic ring is 1. The Kier molecular flexibility index (Phi) is 2.53. The van der Waals surface area contributed by atoms with E-state index in [0.29, 0.717) is 5.82 Å². The Morgan fingerprint density at radius 1 is 1.24 bits per heavy atom. The Bertz CT molecular complexity index is 531. The third-order valence-electron chi connectivity index (χ3n) is 3.20. The minimum atomic E-state index is 0.667. The first-order chi connectivity index (χ1) is 8.38. The van der Waals surface area contributed by atoms with Gasteiger partial charge in [0.25, 0.3) is 0 Å². The lowest BCUT2D eigenvalue weighted by atomic mass is 10.0. The van der Waals surface area contributed by atoms with Crippen molar-refractivity contribution in [1.82, 2.24) is 14.5 Å². The lowest BCUT2D eigenvalue weighted by Gasteiger charge is -2.14. The molecule has 0 saturated heterocycles. The lowest BCUT2D eigenvalue weighted by molar-refractivity contribution is 0.656. The molecule has 0 saturated carbocycles. The van der Waals surface area contributed by atoms with Crippen molar-refractivity contribution in [3.63, 3.8) is 0 Å². The molecular weight excluding hydrogens is 214 g/mol. The molecular formula is C12H15N5. The van der Waals surface area contributed by atoms with Crippen LogP contribution in [0.25, 0.3) is 5.69 Å². The van der Waals surface area contributed by atoms with E-state index in [2.05, 4.69) is 20.0 Å². The van der Waals surface area contributed by atoms with Crippen molar-refractivity contribution in [3.8, 4) is 5.69 Å². The Labute approximate surface area is 99.7 Å². The van der Waals surface area contributed by atoms with Gasteiger partial charge in [-0.15, -0.1) is 0 Å². The minimum absolute atomic E-state index is 0.667. The monoisotopic (exact) mass is 229 g/mol. The standard InChI is InChI=1S/C12H15N5/c13-16-12-7-9(5-6-14-12)17-8-15-10-3-1-2-4-11(10)17/h5-8H,1-4,13H2,(H,14,16). The average molecular weight is 229 g/mol. The predicted octanol–water partition coefficient (Wildman–Crippen LogP) is 1.43. The first-order valence-electron chi connectivity index (χ1n) is 5.86. The molecule has 0 aromatic carbocycles. The fraction of sp³-hybridized carbons (Fsp3) is 0.333. The number of hydrogen-bond acceptors (Lipinski definition) is 4. The van der Waals surface area contributed by atoms with Gasteiger partial charge in [0.15, 0.2) is 0 Å². The van der Waals surface area contributed by atoms with E-state index in [1.807, 2.05) is 18.5 Å². The zero-order valence-electron chi connectivity index (χ0n) is 9.56. The molecule has 0 aliphatic heterocycles. The van der Waals surface area contributed by atoms with E-state index in [1.54, 1.807) is 6.20 Å². The number of imidazole rings is 1. The number of rotatable bonds is 2. The van der Waals surface area contributed by atoms with Crippen LogP contribution in [0.3, 0.4) is 0 Å². The molecule has 0 amide bonds. The molecule has 2 heterocycles. The molecule has 5 heteroatoms. The summed E-state index contributed by atoms with van der Waals surface area (Å²) in [4.78, 5) is 8.59. The summed E-state index contributed by atoms with van der Waals surface area (Å²) in [5.41, 5.74) is 6.18. The molecule has 1 aliphatic rings. The van der Waals surface area contributed by atoms with Gasteiger partial charge in [0.05, 0.1) is 17.7 Å². The van der Waals surface area contributed by atoms with Crippen molar-refractivity contribution in [2.75, 3.05) is 5.43 Å². The normalized spacial score (nSPS) is 14.4. The molecule has 1 aliphatic carbocycles. The van der Waals surface area contributed by atoms with Gasteiger partial charge >= 0.3 is 0 Å². The SMILES string of the molecule is NNc1cc(-n2cnc3c2CCCC3)ccn1. The number of aryl methyl sites for hydroxylation is 1. The summed E-state index contributed by atoms with van der Waals surface area (Å²) in [6.45, 7) is 0. The number of hydrogen-bond donors (Lipinski definition) is 2. The summed E-state index contributed by atoms with van der Waals surface area (Å²) in [7, 11) is 0. The second-order valence-electron chi connectivity index (χ2n) is 4.26. The Morgan fingerprint density at radius 3 is 3.00 bits per heavy atom. The molecule has 3 N–H and O–H groups in total. The van der Waals surface area contributed by atoms with Crippen LogP contribution in [-0.4, -0.2) is 14.5 Å². The van der Waals surface area contributed by atoms with Crippen LogP contribution in [0.15, 0.2) is 24.7 Å². The summed E-state index contributed by atoms with van der Waals surface area (Å²) in [6.07, 6.45) is 8.32. The van der Waals surface area contributed by atoms with Crippen molar-refractivity contribution in [3.05, 3.63) is 36.0 Å². The van der Waals surface area contributed by atoms with E-state index in [-0.39, 0.29) is 0 Å². The summed E-state index contributed by atoms with van der Waals surface area (Å²) < 4.78 is 2.14. The van der Waals surface area contributed by atoms with Crippen molar-refractivity contribution >= 4 is 5.82 Å². The van der Waals surface area contributed by atoms with Crippen LogP contribution in [0.1, 0.15) is 24.2 Å². The zero-order valence-corrected chi connectivity index (χ0v) is 9.56. The number of hydrazine groups is 1.